The molecule has 0 aliphatic carbocycles. The first-order chi connectivity index (χ1) is 18.2. The van der Waals surface area contributed by atoms with Crippen molar-refractivity contribution in [3.8, 4) is 22.8 Å². The highest BCUT2D eigenvalue weighted by Crippen LogP contribution is 2.39. The summed E-state index contributed by atoms with van der Waals surface area (Å²) in [5, 5.41) is 6.94. The number of nitrogens with one attached hydrogen (secondary N) is 2. The summed E-state index contributed by atoms with van der Waals surface area (Å²) in [4.78, 5) is 23.5. The number of likely N-dealkylation sites (N-methyl/N-ethyl adjacent to an activating group) is 1. The van der Waals surface area contributed by atoms with Crippen LogP contribution in [0.2, 0.25) is 0 Å². The molecule has 2 aromatic heterocycles. The Morgan fingerprint density at radius 1 is 1.16 bits per heavy atom. The van der Waals surface area contributed by atoms with Crippen LogP contribution < -0.4 is 20.1 Å². The van der Waals surface area contributed by atoms with Gasteiger partial charge in [-0.25, -0.2) is 9.97 Å². The van der Waals surface area contributed by atoms with Crippen molar-refractivity contribution in [2.45, 2.75) is 6.92 Å². The molecule has 0 aliphatic heterocycles. The summed E-state index contributed by atoms with van der Waals surface area (Å²) in [5.74, 6) is 0.753. The number of aromatic nitrogens is 3. The largest absolute Gasteiger partial charge is 0.494 e. The van der Waals surface area contributed by atoms with Crippen LogP contribution in [0.1, 0.15) is 5.69 Å². The lowest BCUT2D eigenvalue weighted by Crippen LogP contribution is -2.20. The molecule has 1 amide bonds. The molecule has 0 atom stereocenters. The smallest absolute Gasteiger partial charge is 0.266 e. The van der Waals surface area contributed by atoms with Crippen molar-refractivity contribution in [2.24, 2.45) is 7.05 Å². The summed E-state index contributed by atoms with van der Waals surface area (Å²) in [5.41, 5.74) is 4.99. The van der Waals surface area contributed by atoms with Gasteiger partial charge in [-0.2, -0.15) is 0 Å². The van der Waals surface area contributed by atoms with Gasteiger partial charge in [0.15, 0.2) is 0 Å². The molecule has 0 fully saturated rings. The molecule has 0 spiro atoms. The molecule has 9 nitrogen and oxygen atoms in total. The monoisotopic (exact) mass is 534 g/mol. The summed E-state index contributed by atoms with van der Waals surface area (Å²) in [6, 6.07) is 13.5. The molecular weight excluding hydrogens is 504 g/mol. The Morgan fingerprint density at radius 3 is 2.63 bits per heavy atom. The number of hydrogen-bond donors (Lipinski definition) is 2. The van der Waals surface area contributed by atoms with Crippen LogP contribution in [0.5, 0.6) is 11.5 Å². The average Bonchev–Trinajstić information content (AvgIpc) is 3.14. The fourth-order valence-corrected chi connectivity index (χ4v) is 4.14. The number of ether oxygens (including phenoxy) is 2. The van der Waals surface area contributed by atoms with Crippen molar-refractivity contribution < 1.29 is 14.3 Å². The van der Waals surface area contributed by atoms with Gasteiger partial charge in [0, 0.05) is 48.0 Å². The Bertz CT molecular complexity index is 1500. The highest BCUT2D eigenvalue weighted by atomic mass is 35.5. The predicted octanol–water partition coefficient (Wildman–Crippen LogP) is 5.33. The molecule has 0 radical (unpaired) electrons. The molecule has 0 aliphatic rings. The van der Waals surface area contributed by atoms with Crippen molar-refractivity contribution in [3.05, 3.63) is 66.0 Å². The second-order valence-corrected chi connectivity index (χ2v) is 9.44. The van der Waals surface area contributed by atoms with E-state index < -0.39 is 5.91 Å². The molecule has 2 aromatic carbocycles. The van der Waals surface area contributed by atoms with Crippen LogP contribution in [0.3, 0.4) is 0 Å². The van der Waals surface area contributed by atoms with E-state index in [4.69, 9.17) is 26.1 Å². The highest BCUT2D eigenvalue weighted by Gasteiger charge is 2.18. The Kier molecular flexibility index (Phi) is 8.19. The number of nitrogens with zero attached hydrogens (tertiary/aromatic N) is 4. The zero-order valence-electron chi connectivity index (χ0n) is 22.1. The van der Waals surface area contributed by atoms with Crippen molar-refractivity contribution in [3.63, 3.8) is 0 Å². The van der Waals surface area contributed by atoms with E-state index in [2.05, 4.69) is 45.8 Å². The number of carbonyl (C=O) groups is 1. The maximum atomic E-state index is 12.3. The van der Waals surface area contributed by atoms with Gasteiger partial charge in [-0.3, -0.25) is 4.79 Å². The normalized spacial score (nSPS) is 11.0. The molecule has 4 aromatic rings. The van der Waals surface area contributed by atoms with Crippen molar-refractivity contribution in [1.82, 2.24) is 19.4 Å². The maximum Gasteiger partial charge on any atom is 0.266 e. The van der Waals surface area contributed by atoms with Gasteiger partial charge in [-0.1, -0.05) is 36.4 Å². The highest BCUT2D eigenvalue weighted by molar-refractivity contribution is 6.43. The Hall–Kier alpha value is -4.08. The topological polar surface area (TPSA) is 93.5 Å². The van der Waals surface area contributed by atoms with Crippen LogP contribution in [-0.4, -0.2) is 59.7 Å². The summed E-state index contributed by atoms with van der Waals surface area (Å²) in [6.07, 6.45) is 1.71. The fraction of sp³-hybridized carbons (Fsp3) is 0.250. The zero-order chi connectivity index (χ0) is 27.4. The SMILES string of the molecule is C=C(Cl)C(=O)Nc1cc(Nc2nccc(-c3c(C)n(C)c4ccccc34)n2)c(OC)cc1OCCN(C)C. The van der Waals surface area contributed by atoms with E-state index in [1.54, 1.807) is 25.4 Å². The Morgan fingerprint density at radius 2 is 1.92 bits per heavy atom. The number of amides is 1. The van der Waals surface area contributed by atoms with Crippen molar-refractivity contribution in [1.29, 1.82) is 0 Å². The quantitative estimate of drug-likeness (QED) is 0.266. The van der Waals surface area contributed by atoms with Gasteiger partial charge in [0.1, 0.15) is 18.1 Å². The van der Waals surface area contributed by atoms with E-state index in [0.29, 0.717) is 42.0 Å². The fourth-order valence-electron chi connectivity index (χ4n) is 4.10. The third kappa shape index (κ3) is 5.74. The Balaban J connectivity index is 1.71. The molecule has 0 saturated heterocycles. The van der Waals surface area contributed by atoms with E-state index in [1.807, 2.05) is 44.2 Å². The molecular formula is C28H31ClN6O3. The number of para-hydroxylation sites is 1. The van der Waals surface area contributed by atoms with E-state index in [-0.39, 0.29) is 5.03 Å². The van der Waals surface area contributed by atoms with Crippen molar-refractivity contribution in [2.75, 3.05) is 45.0 Å². The number of halogens is 1. The van der Waals surface area contributed by atoms with Crippen LogP contribution in [0.25, 0.3) is 22.2 Å². The minimum absolute atomic E-state index is 0.143. The van der Waals surface area contributed by atoms with Gasteiger partial charge in [0.2, 0.25) is 5.95 Å². The number of anilines is 3. The number of rotatable bonds is 10. The molecule has 0 saturated carbocycles. The number of methoxy groups -OCH3 is 1. The van der Waals surface area contributed by atoms with Crippen LogP contribution in [-0.2, 0) is 11.8 Å². The Labute approximate surface area is 227 Å². The second kappa shape index (κ2) is 11.5. The summed E-state index contributed by atoms with van der Waals surface area (Å²) >= 11 is 5.82. The lowest BCUT2D eigenvalue weighted by molar-refractivity contribution is -0.112. The maximum absolute atomic E-state index is 12.3. The van der Waals surface area contributed by atoms with E-state index in [0.717, 1.165) is 27.9 Å². The molecule has 2 heterocycles. The second-order valence-electron chi connectivity index (χ2n) is 8.99. The number of hydrogen-bond acceptors (Lipinski definition) is 7. The predicted molar refractivity (Wildman–Crippen MR) is 153 cm³/mol. The molecule has 0 unspecified atom stereocenters. The van der Waals surface area contributed by atoms with Gasteiger partial charge in [-0.15, -0.1) is 0 Å². The third-order valence-electron chi connectivity index (χ3n) is 6.15. The summed E-state index contributed by atoms with van der Waals surface area (Å²) < 4.78 is 13.7. The molecule has 198 valence electrons. The minimum Gasteiger partial charge on any atom is -0.494 e. The lowest BCUT2D eigenvalue weighted by Gasteiger charge is -2.18. The molecule has 4 rings (SSSR count). The first-order valence-corrected chi connectivity index (χ1v) is 12.4. The number of benzene rings is 2. The average molecular weight is 535 g/mol. The van der Waals surface area contributed by atoms with Crippen molar-refractivity contribution >= 4 is 45.7 Å². The molecule has 10 heteroatoms. The van der Waals surface area contributed by atoms with E-state index in [9.17, 15) is 4.79 Å². The van der Waals surface area contributed by atoms with Gasteiger partial charge < -0.3 is 29.6 Å². The van der Waals surface area contributed by atoms with E-state index in [1.165, 1.54) is 0 Å². The minimum atomic E-state index is -0.537. The third-order valence-corrected chi connectivity index (χ3v) is 6.32. The molecule has 0 bridgehead atoms. The van der Waals surface area contributed by atoms with Crippen LogP contribution in [0.15, 0.2) is 60.3 Å². The first kappa shape index (κ1) is 27.0. The lowest BCUT2D eigenvalue weighted by atomic mass is 10.1. The molecule has 2 N–H and O–H groups in total. The number of carbonyl (C=O) groups excluding carboxylic acids is 1. The van der Waals surface area contributed by atoms with Gasteiger partial charge in [0.25, 0.3) is 5.91 Å². The first-order valence-electron chi connectivity index (χ1n) is 12.0. The van der Waals surface area contributed by atoms with Crippen LogP contribution >= 0.6 is 11.6 Å². The van der Waals surface area contributed by atoms with Gasteiger partial charge in [0.05, 0.1) is 29.2 Å². The zero-order valence-corrected chi connectivity index (χ0v) is 22.9. The molecule has 38 heavy (non-hydrogen) atoms. The van der Waals surface area contributed by atoms with Gasteiger partial charge in [-0.05, 0) is 39.2 Å². The number of aryl methyl sites for hydroxylation is 1. The van der Waals surface area contributed by atoms with Crippen LogP contribution in [0.4, 0.5) is 17.3 Å². The summed E-state index contributed by atoms with van der Waals surface area (Å²) in [6.45, 7) is 6.67. The van der Waals surface area contributed by atoms with Crippen LogP contribution in [0, 0.1) is 6.92 Å². The summed E-state index contributed by atoms with van der Waals surface area (Å²) in [7, 11) is 7.50. The number of fused-ring (bicyclic) bond motifs is 1. The standard InChI is InChI=1S/C28H31ClN6O3/c1-17(29)27(36)31-22-15-21(24(37-6)16-25(22)38-14-13-34(3)4)33-28-30-12-11-20(32-28)26-18(2)35(5)23-10-8-7-9-19(23)26/h7-12,15-16H,1,13-14H2,2-6H3,(H,31,36)(H,30,32,33). The van der Waals surface area contributed by atoms with E-state index >= 15 is 0 Å². The van der Waals surface area contributed by atoms with Gasteiger partial charge >= 0.3 is 0 Å².